The fourth-order valence-corrected chi connectivity index (χ4v) is 2.24. The smallest absolute Gasteiger partial charge is 0.216 e. The third-order valence-electron chi connectivity index (χ3n) is 3.53. The lowest BCUT2D eigenvalue weighted by molar-refractivity contribution is 0.382. The Morgan fingerprint density at radius 2 is 2.12 bits per heavy atom. The molecule has 0 spiro atoms. The zero-order chi connectivity index (χ0) is 17.7. The number of aliphatic imine (C=N–C) groups is 1. The standard InChI is InChI=1S/C17H28N6O/c1-7-18-16(22(5)11-13-8-21-23(6)12-13)20-10-15-19-9-14(24-15)17(2,3)4/h8-9,12H,7,10-11H2,1-6H3,(H,18,20). The molecular weight excluding hydrogens is 304 g/mol. The van der Waals surface area contributed by atoms with Gasteiger partial charge in [-0.05, 0) is 6.92 Å². The molecule has 132 valence electrons. The summed E-state index contributed by atoms with van der Waals surface area (Å²) in [7, 11) is 3.92. The van der Waals surface area contributed by atoms with Crippen LogP contribution in [0.25, 0.3) is 0 Å². The number of oxazole rings is 1. The zero-order valence-corrected chi connectivity index (χ0v) is 15.5. The third-order valence-corrected chi connectivity index (χ3v) is 3.53. The van der Waals surface area contributed by atoms with Crippen molar-refractivity contribution in [1.29, 1.82) is 0 Å². The Morgan fingerprint density at radius 1 is 1.38 bits per heavy atom. The van der Waals surface area contributed by atoms with Crippen LogP contribution in [0, 0.1) is 0 Å². The predicted octanol–water partition coefficient (Wildman–Crippen LogP) is 2.30. The molecule has 2 aromatic heterocycles. The van der Waals surface area contributed by atoms with Gasteiger partial charge in [-0.1, -0.05) is 20.8 Å². The molecule has 0 unspecified atom stereocenters. The van der Waals surface area contributed by atoms with E-state index in [0.29, 0.717) is 12.4 Å². The summed E-state index contributed by atoms with van der Waals surface area (Å²) in [5, 5.41) is 7.49. The maximum absolute atomic E-state index is 5.80. The molecule has 2 aromatic rings. The molecule has 0 atom stereocenters. The van der Waals surface area contributed by atoms with Crippen molar-refractivity contribution >= 4 is 5.96 Å². The van der Waals surface area contributed by atoms with Crippen molar-refractivity contribution in [2.45, 2.75) is 46.2 Å². The van der Waals surface area contributed by atoms with Crippen molar-refractivity contribution in [2.75, 3.05) is 13.6 Å². The highest BCUT2D eigenvalue weighted by Crippen LogP contribution is 2.22. The molecule has 2 heterocycles. The maximum Gasteiger partial charge on any atom is 0.216 e. The Kier molecular flexibility index (Phi) is 5.64. The van der Waals surface area contributed by atoms with E-state index in [2.05, 4.69) is 53.0 Å². The first-order valence-electron chi connectivity index (χ1n) is 8.21. The summed E-state index contributed by atoms with van der Waals surface area (Å²) in [4.78, 5) is 11.0. The first kappa shape index (κ1) is 18.0. The molecular formula is C17H28N6O. The molecule has 7 nitrogen and oxygen atoms in total. The summed E-state index contributed by atoms with van der Waals surface area (Å²) in [6.07, 6.45) is 5.66. The number of hydrogen-bond donors (Lipinski definition) is 1. The monoisotopic (exact) mass is 332 g/mol. The van der Waals surface area contributed by atoms with Crippen LogP contribution in [0.5, 0.6) is 0 Å². The molecule has 0 aliphatic carbocycles. The number of nitrogens with zero attached hydrogens (tertiary/aromatic N) is 5. The highest BCUT2D eigenvalue weighted by molar-refractivity contribution is 5.79. The lowest BCUT2D eigenvalue weighted by atomic mass is 9.94. The lowest BCUT2D eigenvalue weighted by Gasteiger charge is -2.21. The molecule has 0 bridgehead atoms. The highest BCUT2D eigenvalue weighted by Gasteiger charge is 2.19. The first-order chi connectivity index (χ1) is 11.3. The van der Waals surface area contributed by atoms with Gasteiger partial charge in [-0.25, -0.2) is 9.98 Å². The summed E-state index contributed by atoms with van der Waals surface area (Å²) in [5.41, 5.74) is 1.09. The van der Waals surface area contributed by atoms with Gasteiger partial charge in [0.15, 0.2) is 5.96 Å². The number of nitrogens with one attached hydrogen (secondary N) is 1. The van der Waals surface area contributed by atoms with Crippen LogP contribution in [0.2, 0.25) is 0 Å². The van der Waals surface area contributed by atoms with Crippen molar-refractivity contribution in [3.05, 3.63) is 35.8 Å². The molecule has 0 saturated carbocycles. The topological polar surface area (TPSA) is 71.5 Å². The van der Waals surface area contributed by atoms with E-state index in [1.165, 1.54) is 0 Å². The molecule has 0 aromatic carbocycles. The van der Waals surface area contributed by atoms with Crippen LogP contribution in [0.3, 0.4) is 0 Å². The van der Waals surface area contributed by atoms with E-state index >= 15 is 0 Å². The number of rotatable bonds is 5. The third kappa shape index (κ3) is 4.84. The van der Waals surface area contributed by atoms with Gasteiger partial charge >= 0.3 is 0 Å². The second-order valence-electron chi connectivity index (χ2n) is 6.92. The number of hydrogen-bond acceptors (Lipinski definition) is 4. The van der Waals surface area contributed by atoms with E-state index in [9.17, 15) is 0 Å². The normalized spacial score (nSPS) is 12.5. The molecule has 0 amide bonds. The van der Waals surface area contributed by atoms with Crippen molar-refractivity contribution in [3.63, 3.8) is 0 Å². The van der Waals surface area contributed by atoms with Crippen LogP contribution in [0.4, 0.5) is 0 Å². The Bertz CT molecular complexity index is 679. The van der Waals surface area contributed by atoms with Gasteiger partial charge in [-0.3, -0.25) is 4.68 Å². The van der Waals surface area contributed by atoms with Gasteiger partial charge < -0.3 is 14.6 Å². The summed E-state index contributed by atoms with van der Waals surface area (Å²) < 4.78 is 7.60. The van der Waals surface area contributed by atoms with Crippen LogP contribution < -0.4 is 5.32 Å². The molecule has 0 saturated heterocycles. The SMILES string of the molecule is CCNC(=NCc1ncc(C(C)(C)C)o1)N(C)Cc1cnn(C)c1. The minimum atomic E-state index is -0.0451. The number of aromatic nitrogens is 3. The van der Waals surface area contributed by atoms with E-state index in [1.807, 2.05) is 26.5 Å². The summed E-state index contributed by atoms with van der Waals surface area (Å²) in [5.74, 6) is 2.32. The molecule has 7 heteroatoms. The van der Waals surface area contributed by atoms with E-state index in [1.54, 1.807) is 10.9 Å². The summed E-state index contributed by atoms with van der Waals surface area (Å²) in [6.45, 7) is 10.3. The van der Waals surface area contributed by atoms with Crippen molar-refractivity contribution in [2.24, 2.45) is 12.0 Å². The van der Waals surface area contributed by atoms with Crippen LogP contribution in [0.1, 0.15) is 44.9 Å². The Labute approximate surface area is 143 Å². The van der Waals surface area contributed by atoms with Gasteiger partial charge in [0.25, 0.3) is 0 Å². The van der Waals surface area contributed by atoms with E-state index in [0.717, 1.165) is 30.4 Å². The van der Waals surface area contributed by atoms with Gasteiger partial charge in [-0.15, -0.1) is 0 Å². The van der Waals surface area contributed by atoms with Gasteiger partial charge in [0.1, 0.15) is 12.3 Å². The van der Waals surface area contributed by atoms with Crippen LogP contribution in [0.15, 0.2) is 28.0 Å². The van der Waals surface area contributed by atoms with E-state index in [-0.39, 0.29) is 5.41 Å². The second kappa shape index (κ2) is 7.51. The molecule has 1 N–H and O–H groups in total. The fraction of sp³-hybridized carbons (Fsp3) is 0.588. The Balaban J connectivity index is 2.05. The molecule has 0 aliphatic heterocycles. The molecule has 0 fully saturated rings. The van der Waals surface area contributed by atoms with E-state index < -0.39 is 0 Å². The van der Waals surface area contributed by atoms with Crippen LogP contribution in [-0.4, -0.2) is 39.2 Å². The maximum atomic E-state index is 5.80. The Morgan fingerprint density at radius 3 is 2.67 bits per heavy atom. The van der Waals surface area contributed by atoms with Gasteiger partial charge in [-0.2, -0.15) is 5.10 Å². The van der Waals surface area contributed by atoms with E-state index in [4.69, 9.17) is 4.42 Å². The predicted molar refractivity (Wildman–Crippen MR) is 94.7 cm³/mol. The van der Waals surface area contributed by atoms with Crippen LogP contribution >= 0.6 is 0 Å². The molecule has 2 rings (SSSR count). The molecule has 0 radical (unpaired) electrons. The fourth-order valence-electron chi connectivity index (χ4n) is 2.24. The summed E-state index contributed by atoms with van der Waals surface area (Å²) in [6, 6.07) is 0. The zero-order valence-electron chi connectivity index (χ0n) is 15.5. The highest BCUT2D eigenvalue weighted by atomic mass is 16.4. The van der Waals surface area contributed by atoms with Crippen LogP contribution in [-0.2, 0) is 25.6 Å². The average Bonchev–Trinajstić information content (AvgIpc) is 3.12. The van der Waals surface area contributed by atoms with Crippen molar-refractivity contribution in [1.82, 2.24) is 25.0 Å². The number of aryl methyl sites for hydroxylation is 1. The minimum Gasteiger partial charge on any atom is -0.443 e. The quantitative estimate of drug-likeness (QED) is 0.672. The second-order valence-corrected chi connectivity index (χ2v) is 6.92. The number of guanidine groups is 1. The Hall–Kier alpha value is -2.31. The average molecular weight is 332 g/mol. The van der Waals surface area contributed by atoms with Gasteiger partial charge in [0.2, 0.25) is 5.89 Å². The van der Waals surface area contributed by atoms with Crippen molar-refractivity contribution in [3.8, 4) is 0 Å². The lowest BCUT2D eigenvalue weighted by Crippen LogP contribution is -2.38. The first-order valence-corrected chi connectivity index (χ1v) is 8.21. The van der Waals surface area contributed by atoms with Crippen molar-refractivity contribution < 1.29 is 4.42 Å². The molecule has 24 heavy (non-hydrogen) atoms. The summed E-state index contributed by atoms with van der Waals surface area (Å²) >= 11 is 0. The van der Waals surface area contributed by atoms with Gasteiger partial charge in [0.05, 0.1) is 12.4 Å². The largest absolute Gasteiger partial charge is 0.443 e. The molecule has 0 aliphatic rings. The minimum absolute atomic E-state index is 0.0451. The van der Waals surface area contributed by atoms with Gasteiger partial charge in [0, 0.05) is 44.4 Å².